The Morgan fingerprint density at radius 2 is 2.00 bits per heavy atom. The van der Waals surface area contributed by atoms with E-state index in [0.717, 1.165) is 33.2 Å². The summed E-state index contributed by atoms with van der Waals surface area (Å²) in [4.78, 5) is 4.23. The second-order valence-electron chi connectivity index (χ2n) is 4.71. The smallest absolute Gasteiger partial charge is 0.124 e. The number of rotatable bonds is 6. The van der Waals surface area contributed by atoms with Crippen LogP contribution in [0.3, 0.4) is 0 Å². The Bertz CT molecular complexity index is 605. The molecule has 112 valence electrons. The fourth-order valence-corrected chi connectivity index (χ4v) is 3.07. The fraction of sp³-hybridized carbons (Fsp3) is 0.312. The molecular weight excluding hydrogens is 396 g/mol. The van der Waals surface area contributed by atoms with Gasteiger partial charge in [-0.05, 0) is 52.7 Å². The molecule has 1 atom stereocenters. The molecule has 21 heavy (non-hydrogen) atoms. The quantitative estimate of drug-likeness (QED) is 0.756. The number of aromatic nitrogens is 1. The van der Waals surface area contributed by atoms with Crippen molar-refractivity contribution < 1.29 is 4.74 Å². The maximum absolute atomic E-state index is 5.52. The summed E-state index contributed by atoms with van der Waals surface area (Å²) in [5.41, 5.74) is 2.34. The first kappa shape index (κ1) is 16.5. The second kappa shape index (κ2) is 7.92. The van der Waals surface area contributed by atoms with E-state index >= 15 is 0 Å². The molecule has 0 bridgehead atoms. The van der Waals surface area contributed by atoms with Crippen LogP contribution in [0, 0.1) is 0 Å². The van der Waals surface area contributed by atoms with Crippen molar-refractivity contribution in [2.75, 3.05) is 13.7 Å². The molecule has 0 aliphatic carbocycles. The average molecular weight is 414 g/mol. The number of likely N-dealkylation sites (N-methyl/N-ethyl adjacent to an activating group) is 1. The van der Waals surface area contributed by atoms with Crippen molar-refractivity contribution in [3.8, 4) is 5.75 Å². The number of hydrogen-bond acceptors (Lipinski definition) is 3. The van der Waals surface area contributed by atoms with Crippen molar-refractivity contribution in [3.63, 3.8) is 0 Å². The van der Waals surface area contributed by atoms with Gasteiger partial charge in [-0.15, -0.1) is 0 Å². The lowest BCUT2D eigenvalue weighted by atomic mass is 9.99. The summed E-state index contributed by atoms with van der Waals surface area (Å²) in [5.74, 6) is 0.887. The summed E-state index contributed by atoms with van der Waals surface area (Å²) in [6, 6.07) is 8.43. The highest BCUT2D eigenvalue weighted by Crippen LogP contribution is 2.30. The molecule has 1 aromatic carbocycles. The molecule has 0 aliphatic rings. The lowest BCUT2D eigenvalue weighted by Crippen LogP contribution is -2.23. The van der Waals surface area contributed by atoms with E-state index in [1.165, 1.54) is 5.56 Å². The molecule has 2 aromatic rings. The monoisotopic (exact) mass is 412 g/mol. The minimum Gasteiger partial charge on any atom is -0.496 e. The van der Waals surface area contributed by atoms with Crippen LogP contribution in [0.2, 0.25) is 0 Å². The van der Waals surface area contributed by atoms with Gasteiger partial charge in [0.1, 0.15) is 5.75 Å². The van der Waals surface area contributed by atoms with E-state index in [-0.39, 0.29) is 6.04 Å². The van der Waals surface area contributed by atoms with Crippen LogP contribution in [0.25, 0.3) is 0 Å². The molecule has 0 saturated heterocycles. The van der Waals surface area contributed by atoms with E-state index in [9.17, 15) is 0 Å². The topological polar surface area (TPSA) is 34.2 Å². The standard InChI is InChI=1S/C16H18Br2N2O/c1-3-20-15(7-11-6-13(18)10-19-9-11)14-5-4-12(17)8-16(14)21-2/h4-6,8-10,15,20H,3,7H2,1-2H3. The third kappa shape index (κ3) is 4.53. The number of ether oxygens (including phenoxy) is 1. The first-order chi connectivity index (χ1) is 10.1. The molecule has 0 fully saturated rings. The van der Waals surface area contributed by atoms with E-state index in [1.807, 2.05) is 18.3 Å². The molecule has 2 rings (SSSR count). The van der Waals surface area contributed by atoms with Crippen molar-refractivity contribution in [2.45, 2.75) is 19.4 Å². The zero-order valence-electron chi connectivity index (χ0n) is 12.1. The van der Waals surface area contributed by atoms with Crippen LogP contribution in [-0.4, -0.2) is 18.6 Å². The van der Waals surface area contributed by atoms with Crippen LogP contribution in [0.4, 0.5) is 0 Å². The fourth-order valence-electron chi connectivity index (χ4n) is 2.31. The molecule has 0 aliphatic heterocycles. The predicted octanol–water partition coefficient (Wildman–Crippen LogP) is 4.51. The van der Waals surface area contributed by atoms with Crippen LogP contribution in [-0.2, 0) is 6.42 Å². The van der Waals surface area contributed by atoms with Crippen molar-refractivity contribution >= 4 is 31.9 Å². The third-order valence-electron chi connectivity index (χ3n) is 3.22. The predicted molar refractivity (Wildman–Crippen MR) is 92.8 cm³/mol. The maximum Gasteiger partial charge on any atom is 0.124 e. The molecule has 3 nitrogen and oxygen atoms in total. The SMILES string of the molecule is CCNC(Cc1cncc(Br)c1)c1ccc(Br)cc1OC. The number of nitrogens with one attached hydrogen (secondary N) is 1. The molecule has 1 heterocycles. The van der Waals surface area contributed by atoms with Gasteiger partial charge < -0.3 is 10.1 Å². The van der Waals surface area contributed by atoms with Crippen molar-refractivity contribution in [2.24, 2.45) is 0 Å². The molecule has 0 amide bonds. The van der Waals surface area contributed by atoms with Crippen LogP contribution in [0.15, 0.2) is 45.6 Å². The average Bonchev–Trinajstić information content (AvgIpc) is 2.47. The lowest BCUT2D eigenvalue weighted by Gasteiger charge is -2.21. The number of methoxy groups -OCH3 is 1. The Labute approximate surface area is 142 Å². The molecule has 5 heteroatoms. The number of nitrogens with zero attached hydrogens (tertiary/aromatic N) is 1. The van der Waals surface area contributed by atoms with Gasteiger partial charge in [-0.3, -0.25) is 4.98 Å². The maximum atomic E-state index is 5.52. The van der Waals surface area contributed by atoms with E-state index in [0.29, 0.717) is 0 Å². The number of halogens is 2. The van der Waals surface area contributed by atoms with Gasteiger partial charge in [-0.1, -0.05) is 28.9 Å². The van der Waals surface area contributed by atoms with E-state index in [4.69, 9.17) is 4.74 Å². The molecule has 0 saturated carbocycles. The van der Waals surface area contributed by atoms with E-state index in [1.54, 1.807) is 13.3 Å². The lowest BCUT2D eigenvalue weighted by molar-refractivity contribution is 0.399. The molecule has 1 N–H and O–H groups in total. The number of pyridine rings is 1. The Kier molecular flexibility index (Phi) is 6.21. The molecule has 1 aromatic heterocycles. The van der Waals surface area contributed by atoms with Gasteiger partial charge >= 0.3 is 0 Å². The highest BCUT2D eigenvalue weighted by Gasteiger charge is 2.16. The van der Waals surface area contributed by atoms with Crippen molar-refractivity contribution in [1.82, 2.24) is 10.3 Å². The largest absolute Gasteiger partial charge is 0.496 e. The van der Waals surface area contributed by atoms with Crippen molar-refractivity contribution in [1.29, 1.82) is 0 Å². The molecule has 1 unspecified atom stereocenters. The summed E-state index contributed by atoms with van der Waals surface area (Å²) in [6.45, 7) is 3.00. The Hall–Kier alpha value is -0.910. The van der Waals surface area contributed by atoms with Gasteiger partial charge in [0, 0.05) is 32.9 Å². The summed E-state index contributed by atoms with van der Waals surface area (Å²) < 4.78 is 7.53. The first-order valence-corrected chi connectivity index (χ1v) is 8.39. The van der Waals surface area contributed by atoms with E-state index < -0.39 is 0 Å². The minimum absolute atomic E-state index is 0.189. The van der Waals surface area contributed by atoms with Crippen molar-refractivity contribution in [3.05, 3.63) is 56.7 Å². The zero-order chi connectivity index (χ0) is 15.2. The van der Waals surface area contributed by atoms with E-state index in [2.05, 4.69) is 61.2 Å². The summed E-state index contributed by atoms with van der Waals surface area (Å²) >= 11 is 6.96. The van der Waals surface area contributed by atoms with Gasteiger partial charge in [0.2, 0.25) is 0 Å². The Morgan fingerprint density at radius 3 is 2.67 bits per heavy atom. The highest BCUT2D eigenvalue weighted by molar-refractivity contribution is 9.10. The Balaban J connectivity index is 2.30. The van der Waals surface area contributed by atoms with Crippen LogP contribution >= 0.6 is 31.9 Å². The van der Waals surface area contributed by atoms with Gasteiger partial charge in [0.05, 0.1) is 7.11 Å². The summed E-state index contributed by atoms with van der Waals surface area (Å²) in [7, 11) is 1.70. The van der Waals surface area contributed by atoms with Gasteiger partial charge in [0.25, 0.3) is 0 Å². The molecule has 0 radical (unpaired) electrons. The first-order valence-electron chi connectivity index (χ1n) is 6.80. The van der Waals surface area contributed by atoms with Crippen LogP contribution in [0.1, 0.15) is 24.1 Å². The van der Waals surface area contributed by atoms with Gasteiger partial charge in [-0.25, -0.2) is 0 Å². The highest BCUT2D eigenvalue weighted by atomic mass is 79.9. The summed E-state index contributed by atoms with van der Waals surface area (Å²) in [6.07, 6.45) is 4.56. The second-order valence-corrected chi connectivity index (χ2v) is 6.54. The normalized spacial score (nSPS) is 12.2. The van der Waals surface area contributed by atoms with Crippen LogP contribution < -0.4 is 10.1 Å². The Morgan fingerprint density at radius 1 is 1.19 bits per heavy atom. The van der Waals surface area contributed by atoms with Gasteiger partial charge in [0.15, 0.2) is 0 Å². The minimum atomic E-state index is 0.189. The van der Waals surface area contributed by atoms with Crippen LogP contribution in [0.5, 0.6) is 5.75 Å². The summed E-state index contributed by atoms with van der Waals surface area (Å²) in [5, 5.41) is 3.52. The number of hydrogen-bond donors (Lipinski definition) is 1. The number of benzene rings is 1. The molecular formula is C16H18Br2N2O. The third-order valence-corrected chi connectivity index (χ3v) is 4.15. The zero-order valence-corrected chi connectivity index (χ0v) is 15.2. The molecule has 0 spiro atoms. The van der Waals surface area contributed by atoms with Gasteiger partial charge in [-0.2, -0.15) is 0 Å².